The summed E-state index contributed by atoms with van der Waals surface area (Å²) in [6, 6.07) is 42.1. The minimum atomic E-state index is -0.961. The fraction of sp³-hybridized carbons (Fsp3) is 0.304. The summed E-state index contributed by atoms with van der Waals surface area (Å²) in [4.78, 5) is 83.0. The van der Waals surface area contributed by atoms with Gasteiger partial charge in [-0.3, -0.25) is 33.9 Å². The van der Waals surface area contributed by atoms with Crippen molar-refractivity contribution in [1.29, 1.82) is 0 Å². The number of benzene rings is 4. The van der Waals surface area contributed by atoms with E-state index in [1.165, 1.54) is 38.6 Å². The molecule has 4 atom stereocenters. The van der Waals surface area contributed by atoms with E-state index in [9.17, 15) is 28.8 Å². The number of aromatic nitrogens is 4. The van der Waals surface area contributed by atoms with E-state index in [2.05, 4.69) is 41.3 Å². The molecule has 0 bridgehead atoms. The topological polar surface area (TPSA) is 215 Å². The first-order chi connectivity index (χ1) is 39.8. The minimum Gasteiger partial charge on any atom is -0.480 e. The van der Waals surface area contributed by atoms with Crippen LogP contribution in [-0.2, 0) is 41.9 Å². The maximum atomic E-state index is 13.8. The Morgan fingerprint density at radius 1 is 0.541 bits per heavy atom. The molecule has 0 spiro atoms. The maximum absolute atomic E-state index is 13.8. The first kappa shape index (κ1) is 68.7. The molecule has 0 radical (unpaired) electrons. The lowest BCUT2D eigenvalue weighted by Crippen LogP contribution is -2.40. The predicted octanol–water partition coefficient (Wildman–Crippen LogP) is 13.2. The van der Waals surface area contributed by atoms with Crippen LogP contribution in [0.2, 0.25) is 0 Å². The number of esters is 2. The highest BCUT2D eigenvalue weighted by Crippen LogP contribution is 2.31. The van der Waals surface area contributed by atoms with Gasteiger partial charge in [-0.2, -0.15) is 0 Å². The Labute approximate surface area is 505 Å². The number of carboxylic acid groups (broad SMARTS) is 1. The number of nitrogens with one attached hydrogen (secondary N) is 1. The number of aliphatic carboxylic acids is 1. The summed E-state index contributed by atoms with van der Waals surface area (Å²) < 4.78 is 13.6. The van der Waals surface area contributed by atoms with E-state index in [0.717, 1.165) is 50.1 Å². The highest BCUT2D eigenvalue weighted by Gasteiger charge is 2.28. The molecule has 0 aliphatic heterocycles. The van der Waals surface area contributed by atoms with E-state index in [4.69, 9.17) is 20.3 Å². The van der Waals surface area contributed by atoms with Crippen LogP contribution >= 0.6 is 12.4 Å². The number of aryl methyl sites for hydroxylation is 4. The van der Waals surface area contributed by atoms with Gasteiger partial charge >= 0.3 is 17.9 Å². The molecular weight excluding hydrogens is 1090 g/mol. The number of carbonyl (C=O) groups is 4. The van der Waals surface area contributed by atoms with Crippen molar-refractivity contribution in [2.75, 3.05) is 0 Å². The number of carboxylic acids is 1. The first-order valence-electron chi connectivity index (χ1n) is 27.8. The summed E-state index contributed by atoms with van der Waals surface area (Å²) in [6.45, 7) is 16.5. The lowest BCUT2D eigenvalue weighted by atomic mass is 9.94. The van der Waals surface area contributed by atoms with Gasteiger partial charge in [-0.15, -0.1) is 12.4 Å². The Balaban J connectivity index is 0.000000302. The maximum Gasteiger partial charge on any atom is 0.326 e. The molecule has 4 N–H and O–H groups in total. The van der Waals surface area contributed by atoms with Crippen LogP contribution in [0.25, 0.3) is 22.3 Å². The SMILES string of the molecule is C.CC(C)C[C@@H](C(=O)O)n1ccccc1=O.Cc1cccc(C)c1-c1cncc(C(CC(=O)OCc2ccccc2)NC(=O)C(CC(C)C)n2ccccc2=O)c1.Cc1cccc(C)c1-c1cncc(C(N)CC(=O)OCc2ccccc2)c1.Cl. The largest absolute Gasteiger partial charge is 0.480 e. The second-order valence-corrected chi connectivity index (χ2v) is 21.4. The van der Waals surface area contributed by atoms with Crippen molar-refractivity contribution >= 4 is 36.2 Å². The number of rotatable bonds is 21. The summed E-state index contributed by atoms with van der Waals surface area (Å²) in [7, 11) is 0. The molecule has 0 saturated heterocycles. The van der Waals surface area contributed by atoms with E-state index in [1.807, 2.05) is 145 Å². The van der Waals surface area contributed by atoms with Crippen LogP contribution < -0.4 is 22.2 Å². The van der Waals surface area contributed by atoms with Gasteiger partial charge in [0, 0.05) is 66.5 Å². The lowest BCUT2D eigenvalue weighted by molar-refractivity contribution is -0.146. The summed E-state index contributed by atoms with van der Waals surface area (Å²) in [5.41, 5.74) is 17.8. The van der Waals surface area contributed by atoms with Gasteiger partial charge in [-0.25, -0.2) is 4.79 Å². The number of pyridine rings is 4. The lowest BCUT2D eigenvalue weighted by Gasteiger charge is -2.25. The van der Waals surface area contributed by atoms with E-state index < -0.39 is 36.1 Å². The van der Waals surface area contributed by atoms with Crippen LogP contribution in [0.5, 0.6) is 0 Å². The van der Waals surface area contributed by atoms with Gasteiger partial charge in [0.05, 0.1) is 18.9 Å². The van der Waals surface area contributed by atoms with Gasteiger partial charge in [-0.1, -0.05) is 144 Å². The molecule has 1 amide bonds. The van der Waals surface area contributed by atoms with E-state index in [0.29, 0.717) is 18.4 Å². The second kappa shape index (κ2) is 34.1. The van der Waals surface area contributed by atoms with Gasteiger partial charge < -0.3 is 34.8 Å². The molecule has 8 rings (SSSR count). The third kappa shape index (κ3) is 20.8. The van der Waals surface area contributed by atoms with Crippen molar-refractivity contribution in [3.05, 3.63) is 248 Å². The van der Waals surface area contributed by atoms with Crippen molar-refractivity contribution in [3.63, 3.8) is 0 Å². The summed E-state index contributed by atoms with van der Waals surface area (Å²) in [6.07, 6.45) is 11.1. The summed E-state index contributed by atoms with van der Waals surface area (Å²) in [5, 5.41) is 12.1. The standard InChI is InChI=1S/C34H37N3O4.C23H24N2O2.C11H15NO3.CH4.ClH/c1-23(2)17-30(37-16-9-8-15-31(37)38)34(40)36-29(19-32(39)41-22-26-13-6-5-7-14-26)27-18-28(21-35-20-27)33-24(3)11-10-12-25(33)4;1-16-7-6-8-17(2)23(16)20-11-19(13-25-14-20)21(24)12-22(26)27-15-18-9-4-3-5-10-18;1-8(2)7-9(11(14)15)12-6-4-3-5-10(12)13;;/h5-16,18,20-21,23,29-30H,17,19,22H2,1-4H3,(H,36,40);3-11,13-14,21H,12,15,24H2,1-2H3;3-6,8-9H,7H2,1-2H3,(H,14,15);1H4;1H/t;;9-;;/m..0../s1. The number of hydrogen-bond acceptors (Lipinski definition) is 11. The summed E-state index contributed by atoms with van der Waals surface area (Å²) in [5.74, 6) is -1.68. The highest BCUT2D eigenvalue weighted by atomic mass is 35.5. The Hall–Kier alpha value is -8.79. The number of nitrogens with zero attached hydrogens (tertiary/aromatic N) is 4. The Morgan fingerprint density at radius 3 is 1.38 bits per heavy atom. The van der Waals surface area contributed by atoms with E-state index >= 15 is 0 Å². The molecular formula is C69H81ClN6O9. The zero-order valence-electron chi connectivity index (χ0n) is 49.0. The number of ether oxygens (including phenoxy) is 2. The Bertz CT molecular complexity index is 3510. The van der Waals surface area contributed by atoms with Crippen molar-refractivity contribution in [2.45, 2.75) is 126 Å². The zero-order valence-corrected chi connectivity index (χ0v) is 49.8. The van der Waals surface area contributed by atoms with Gasteiger partial charge in [0.2, 0.25) is 5.91 Å². The fourth-order valence-corrected chi connectivity index (χ4v) is 9.67. The van der Waals surface area contributed by atoms with Gasteiger partial charge in [0.1, 0.15) is 25.3 Å². The molecule has 15 nitrogen and oxygen atoms in total. The number of carbonyl (C=O) groups excluding carboxylic acids is 3. The summed E-state index contributed by atoms with van der Waals surface area (Å²) >= 11 is 0. The monoisotopic (exact) mass is 1170 g/mol. The van der Waals surface area contributed by atoms with Crippen molar-refractivity contribution in [3.8, 4) is 22.3 Å². The number of amides is 1. The molecule has 4 aromatic heterocycles. The van der Waals surface area contributed by atoms with Crippen molar-refractivity contribution in [2.24, 2.45) is 17.6 Å². The average molecular weight is 1170 g/mol. The normalized spacial score (nSPS) is 12.0. The number of hydrogen-bond donors (Lipinski definition) is 3. The predicted molar refractivity (Wildman–Crippen MR) is 338 cm³/mol. The Morgan fingerprint density at radius 2 is 0.941 bits per heavy atom. The molecule has 4 heterocycles. The van der Waals surface area contributed by atoms with Gasteiger partial charge in [-0.05, 0) is 132 Å². The minimum absolute atomic E-state index is 0. The fourth-order valence-electron chi connectivity index (χ4n) is 9.67. The van der Waals surface area contributed by atoms with E-state index in [-0.39, 0.29) is 80.7 Å². The average Bonchev–Trinajstić information content (AvgIpc) is 2.80. The van der Waals surface area contributed by atoms with Crippen LogP contribution in [0.4, 0.5) is 0 Å². The molecule has 85 heavy (non-hydrogen) atoms. The van der Waals surface area contributed by atoms with Crippen LogP contribution in [0.15, 0.2) is 192 Å². The highest BCUT2D eigenvalue weighted by molar-refractivity contribution is 5.85. The third-order valence-corrected chi connectivity index (χ3v) is 13.8. The van der Waals surface area contributed by atoms with Crippen LogP contribution in [-0.4, -0.2) is 48.0 Å². The molecule has 8 aromatic rings. The van der Waals surface area contributed by atoms with Crippen molar-refractivity contribution < 1.29 is 33.8 Å². The molecule has 16 heteroatoms. The van der Waals surface area contributed by atoms with E-state index in [1.54, 1.807) is 49.1 Å². The molecule has 4 aromatic carbocycles. The van der Waals surface area contributed by atoms with Crippen molar-refractivity contribution in [1.82, 2.24) is 24.4 Å². The van der Waals surface area contributed by atoms with Crippen LogP contribution in [0.1, 0.15) is 129 Å². The molecule has 0 fully saturated rings. The zero-order chi connectivity index (χ0) is 60.0. The molecule has 0 saturated carbocycles. The second-order valence-electron chi connectivity index (χ2n) is 21.4. The Kier molecular flexibility index (Phi) is 27.6. The molecule has 0 aliphatic carbocycles. The number of halogens is 1. The smallest absolute Gasteiger partial charge is 0.326 e. The van der Waals surface area contributed by atoms with Gasteiger partial charge in [0.25, 0.3) is 11.1 Å². The third-order valence-electron chi connectivity index (χ3n) is 13.8. The van der Waals surface area contributed by atoms with Crippen LogP contribution in [0.3, 0.4) is 0 Å². The van der Waals surface area contributed by atoms with Crippen LogP contribution in [0, 0.1) is 39.5 Å². The van der Waals surface area contributed by atoms with Gasteiger partial charge in [0.15, 0.2) is 0 Å². The quantitative estimate of drug-likeness (QED) is 0.0573. The molecule has 0 aliphatic rings. The molecule has 448 valence electrons. The first-order valence-corrected chi connectivity index (χ1v) is 27.8. The number of nitrogens with two attached hydrogens (primary N) is 1. The molecule has 3 unspecified atom stereocenters.